The minimum absolute atomic E-state index is 0.0390. The summed E-state index contributed by atoms with van der Waals surface area (Å²) >= 11 is 1.53. The van der Waals surface area contributed by atoms with Crippen LogP contribution in [0.1, 0.15) is 44.7 Å². The number of nitrogens with zero attached hydrogens (tertiary/aromatic N) is 4. The topological polar surface area (TPSA) is 130 Å². The Balaban J connectivity index is 2.03. The van der Waals surface area contributed by atoms with Crippen LogP contribution in [0.2, 0.25) is 0 Å². The number of anilines is 1. The van der Waals surface area contributed by atoms with Crippen LogP contribution in [0, 0.1) is 5.92 Å². The number of nitrogens with two attached hydrogens (primary N) is 2. The molecule has 1 atom stereocenters. The molecule has 1 aromatic heterocycles. The van der Waals surface area contributed by atoms with Gasteiger partial charge in [0.25, 0.3) is 0 Å². The summed E-state index contributed by atoms with van der Waals surface area (Å²) in [6.07, 6.45) is 7.57. The Morgan fingerprint density at radius 1 is 1.25 bits per heavy atom. The van der Waals surface area contributed by atoms with Crippen LogP contribution < -0.4 is 16.8 Å². The normalized spacial score (nSPS) is 16.2. The number of carbonyl (C=O) groups excluding carboxylic acids is 2. The minimum Gasteiger partial charge on any atom is -0.370 e. The molecule has 0 bridgehead atoms. The van der Waals surface area contributed by atoms with Crippen molar-refractivity contribution in [1.29, 1.82) is 0 Å². The maximum absolute atomic E-state index is 11.6. The van der Waals surface area contributed by atoms with Gasteiger partial charge in [-0.2, -0.15) is 0 Å². The van der Waals surface area contributed by atoms with E-state index in [1.165, 1.54) is 18.3 Å². The fourth-order valence-electron chi connectivity index (χ4n) is 3.40. The highest BCUT2D eigenvalue weighted by molar-refractivity contribution is 7.15. The highest BCUT2D eigenvalue weighted by atomic mass is 32.1. The lowest BCUT2D eigenvalue weighted by Gasteiger charge is -2.34. The molecule has 0 aromatic carbocycles. The van der Waals surface area contributed by atoms with Crippen molar-refractivity contribution in [1.82, 2.24) is 14.8 Å². The lowest BCUT2D eigenvalue weighted by atomic mass is 10.0. The van der Waals surface area contributed by atoms with Crippen LogP contribution in [-0.2, 0) is 22.6 Å². The van der Waals surface area contributed by atoms with Gasteiger partial charge < -0.3 is 21.7 Å². The second-order valence-electron chi connectivity index (χ2n) is 7.98. The first kappa shape index (κ1) is 25.5. The molecule has 2 rings (SSSR count). The molecule has 5 N–H and O–H groups in total. The van der Waals surface area contributed by atoms with Crippen molar-refractivity contribution >= 4 is 34.2 Å². The van der Waals surface area contributed by atoms with Crippen LogP contribution in [0.25, 0.3) is 0 Å². The Hall–Kier alpha value is -2.72. The van der Waals surface area contributed by atoms with Gasteiger partial charge in [0.15, 0.2) is 11.1 Å². The largest absolute Gasteiger partial charge is 0.370 e. The zero-order valence-electron chi connectivity index (χ0n) is 19.4. The molecule has 1 unspecified atom stereocenters. The number of hydrogen-bond donors (Lipinski definition) is 3. The van der Waals surface area contributed by atoms with Crippen molar-refractivity contribution in [3.8, 4) is 0 Å². The third kappa shape index (κ3) is 8.43. The Labute approximate surface area is 194 Å². The Kier molecular flexibility index (Phi) is 9.86. The third-order valence-corrected chi connectivity index (χ3v) is 6.23. The van der Waals surface area contributed by atoms with Gasteiger partial charge >= 0.3 is 0 Å². The molecule has 1 saturated heterocycles. The van der Waals surface area contributed by atoms with E-state index in [-0.39, 0.29) is 17.8 Å². The molecule has 1 aliphatic heterocycles. The van der Waals surface area contributed by atoms with Gasteiger partial charge in [0.05, 0.1) is 11.4 Å². The second kappa shape index (κ2) is 12.4. The van der Waals surface area contributed by atoms with Crippen molar-refractivity contribution in [3.05, 3.63) is 34.5 Å². The SMILES string of the molecule is C/C=C(\C=C/C(C)CCc1nc(NC(C)=O)sc1CN1CCN(C(C)=O)CC1)N=C(N)N. The quantitative estimate of drug-likeness (QED) is 0.293. The van der Waals surface area contributed by atoms with Crippen LogP contribution in [-0.4, -0.2) is 58.7 Å². The van der Waals surface area contributed by atoms with Gasteiger partial charge in [-0.25, -0.2) is 9.98 Å². The van der Waals surface area contributed by atoms with E-state index in [0.717, 1.165) is 61.8 Å². The molecular formula is C22H35N7O2S. The number of thiazole rings is 1. The molecule has 2 amide bonds. The molecule has 0 spiro atoms. The number of piperazine rings is 1. The summed E-state index contributed by atoms with van der Waals surface area (Å²) in [7, 11) is 0. The van der Waals surface area contributed by atoms with Crippen LogP contribution in [0.4, 0.5) is 5.13 Å². The van der Waals surface area contributed by atoms with Crippen LogP contribution in [0.5, 0.6) is 0 Å². The number of carbonyl (C=O) groups is 2. The summed E-state index contributed by atoms with van der Waals surface area (Å²) in [6, 6.07) is 0. The third-order valence-electron chi connectivity index (χ3n) is 5.23. The molecule has 0 aliphatic carbocycles. The molecule has 0 saturated carbocycles. The van der Waals surface area contributed by atoms with E-state index in [0.29, 0.717) is 11.0 Å². The standard InChI is InChI=1S/C22H35N7O2S/c1-5-18(26-21(23)24)8-6-15(2)7-9-19-20(32-22(27-19)25-16(3)30)14-28-10-12-29(13-11-28)17(4)31/h5-6,8,15H,7,9-14H2,1-4H3,(H4,23,24,26)(H,25,27,30)/b8-6-,18-5+. The van der Waals surface area contributed by atoms with Gasteiger partial charge in [-0.05, 0) is 31.8 Å². The van der Waals surface area contributed by atoms with Crippen LogP contribution in [0.3, 0.4) is 0 Å². The zero-order valence-corrected chi connectivity index (χ0v) is 20.2. The highest BCUT2D eigenvalue weighted by Gasteiger charge is 2.21. The number of aryl methyl sites for hydroxylation is 1. The lowest BCUT2D eigenvalue weighted by Crippen LogP contribution is -2.47. The Morgan fingerprint density at radius 3 is 2.50 bits per heavy atom. The van der Waals surface area contributed by atoms with Gasteiger partial charge in [-0.15, -0.1) is 11.3 Å². The number of guanidine groups is 1. The molecule has 9 nitrogen and oxygen atoms in total. The van der Waals surface area contributed by atoms with E-state index in [1.54, 1.807) is 6.92 Å². The number of amides is 2. The monoisotopic (exact) mass is 461 g/mol. The Bertz CT molecular complexity index is 879. The summed E-state index contributed by atoms with van der Waals surface area (Å²) in [6.45, 7) is 11.1. The maximum Gasteiger partial charge on any atom is 0.223 e. The highest BCUT2D eigenvalue weighted by Crippen LogP contribution is 2.27. The Morgan fingerprint density at radius 2 is 1.94 bits per heavy atom. The molecule has 1 fully saturated rings. The molecule has 1 aromatic rings. The summed E-state index contributed by atoms with van der Waals surface area (Å²) < 4.78 is 0. The average Bonchev–Trinajstić information content (AvgIpc) is 3.09. The molecule has 10 heteroatoms. The van der Waals surface area contributed by atoms with Crippen molar-refractivity contribution in [2.24, 2.45) is 22.4 Å². The van der Waals surface area contributed by atoms with E-state index >= 15 is 0 Å². The van der Waals surface area contributed by atoms with E-state index < -0.39 is 0 Å². The van der Waals surface area contributed by atoms with Gasteiger partial charge in [-0.1, -0.05) is 19.1 Å². The van der Waals surface area contributed by atoms with Gasteiger partial charge in [0, 0.05) is 51.4 Å². The summed E-state index contributed by atoms with van der Waals surface area (Å²) in [4.78, 5) is 37.2. The van der Waals surface area contributed by atoms with Gasteiger partial charge in [0.2, 0.25) is 11.8 Å². The summed E-state index contributed by atoms with van der Waals surface area (Å²) in [5.74, 6) is 0.343. The second-order valence-corrected chi connectivity index (χ2v) is 9.06. The van der Waals surface area contributed by atoms with Crippen molar-refractivity contribution in [3.63, 3.8) is 0 Å². The molecule has 2 heterocycles. The van der Waals surface area contributed by atoms with E-state index in [9.17, 15) is 9.59 Å². The van der Waals surface area contributed by atoms with E-state index in [1.807, 2.05) is 24.0 Å². The number of nitrogens with one attached hydrogen (secondary N) is 1. The molecule has 1 aliphatic rings. The fraction of sp³-hybridized carbons (Fsp3) is 0.545. The predicted molar refractivity (Wildman–Crippen MR) is 130 cm³/mol. The van der Waals surface area contributed by atoms with Crippen LogP contribution >= 0.6 is 11.3 Å². The van der Waals surface area contributed by atoms with E-state index in [2.05, 4.69) is 33.2 Å². The molecular weight excluding hydrogens is 426 g/mol. The fourth-order valence-corrected chi connectivity index (χ4v) is 4.50. The van der Waals surface area contributed by atoms with Crippen molar-refractivity contribution in [2.45, 2.75) is 47.1 Å². The lowest BCUT2D eigenvalue weighted by molar-refractivity contribution is -0.130. The number of hydrogen-bond acceptors (Lipinski definition) is 6. The van der Waals surface area contributed by atoms with Crippen LogP contribution in [0.15, 0.2) is 28.9 Å². The average molecular weight is 462 g/mol. The predicted octanol–water partition coefficient (Wildman–Crippen LogP) is 2.07. The first-order valence-electron chi connectivity index (χ1n) is 10.9. The first-order chi connectivity index (χ1) is 15.2. The first-order valence-corrected chi connectivity index (χ1v) is 11.7. The van der Waals surface area contributed by atoms with Gasteiger partial charge in [0.1, 0.15) is 0 Å². The molecule has 0 radical (unpaired) electrons. The number of aliphatic imine (C=N–C) groups is 1. The molecule has 176 valence electrons. The minimum atomic E-state index is -0.123. The smallest absolute Gasteiger partial charge is 0.223 e. The van der Waals surface area contributed by atoms with E-state index in [4.69, 9.17) is 11.5 Å². The van der Waals surface area contributed by atoms with Gasteiger partial charge in [-0.3, -0.25) is 14.5 Å². The summed E-state index contributed by atoms with van der Waals surface area (Å²) in [5, 5.41) is 3.45. The summed E-state index contributed by atoms with van der Waals surface area (Å²) in [5.41, 5.74) is 12.7. The number of rotatable bonds is 9. The number of aromatic nitrogens is 1. The maximum atomic E-state index is 11.6. The van der Waals surface area contributed by atoms with Crippen molar-refractivity contribution in [2.75, 3.05) is 31.5 Å². The number of allylic oxidation sites excluding steroid dienone is 3. The molecule has 32 heavy (non-hydrogen) atoms. The van der Waals surface area contributed by atoms with Crippen molar-refractivity contribution < 1.29 is 9.59 Å². The zero-order chi connectivity index (χ0) is 23.7.